The molecule has 28 heavy (non-hydrogen) atoms. The molecule has 2 saturated carbocycles. The number of hydrogen-bond donors (Lipinski definition) is 0. The van der Waals surface area contributed by atoms with Gasteiger partial charge in [-0.25, -0.2) is 4.79 Å². The lowest BCUT2D eigenvalue weighted by Crippen LogP contribution is -2.55. The Hall–Kier alpha value is -1.85. The van der Waals surface area contributed by atoms with Crippen LogP contribution in [0.1, 0.15) is 65.7 Å². The maximum Gasteiger partial charge on any atom is 0.508 e. The van der Waals surface area contributed by atoms with Gasteiger partial charge < -0.3 is 14.2 Å². The largest absolute Gasteiger partial charge is 0.508 e. The molecule has 0 bridgehead atoms. The summed E-state index contributed by atoms with van der Waals surface area (Å²) in [5, 5.41) is 0. The van der Waals surface area contributed by atoms with Crippen LogP contribution in [0.25, 0.3) is 0 Å². The molecule has 4 atom stereocenters. The number of ether oxygens (including phenoxy) is 3. The molecule has 0 unspecified atom stereocenters. The van der Waals surface area contributed by atoms with Gasteiger partial charge in [0, 0.05) is 11.8 Å². The van der Waals surface area contributed by atoms with E-state index < -0.39 is 12.1 Å². The number of fused-ring (bicyclic) bond motifs is 1. The summed E-state index contributed by atoms with van der Waals surface area (Å²) in [6.07, 6.45) is 3.62. The molecule has 0 spiro atoms. The number of rotatable bonds is 6. The first-order chi connectivity index (χ1) is 13.1. The highest BCUT2D eigenvalue weighted by Crippen LogP contribution is 2.62. The van der Waals surface area contributed by atoms with Gasteiger partial charge in [0.25, 0.3) is 0 Å². The Balaban J connectivity index is 2.15. The highest BCUT2D eigenvalue weighted by atomic mass is 16.7. The molecule has 6 nitrogen and oxygen atoms in total. The molecule has 0 saturated heterocycles. The van der Waals surface area contributed by atoms with Gasteiger partial charge in [0.05, 0.1) is 14.2 Å². The average molecular weight is 395 g/mol. The summed E-state index contributed by atoms with van der Waals surface area (Å²) >= 11 is 0. The van der Waals surface area contributed by atoms with Crippen LogP contribution >= 0.6 is 0 Å². The SMILES string of the molecule is C=C1CC[C@H]2C(C)(C)[C@@H](OC(=O)OC)CC[C@]2(C)[C@H]1CCC(=O)CC(=O)OC. The Morgan fingerprint density at radius 1 is 1.11 bits per heavy atom. The molecule has 0 amide bonds. The molecule has 2 fully saturated rings. The average Bonchev–Trinajstić information content (AvgIpc) is 2.63. The first-order valence-electron chi connectivity index (χ1n) is 10.1. The number of Topliss-reactive ketones (excluding diaryl/α,β-unsaturated/α-hetero) is 1. The summed E-state index contributed by atoms with van der Waals surface area (Å²) in [5.74, 6) is -0.0219. The van der Waals surface area contributed by atoms with Gasteiger partial charge in [-0.15, -0.1) is 0 Å². The maximum atomic E-state index is 12.2. The zero-order valence-electron chi connectivity index (χ0n) is 17.8. The van der Waals surface area contributed by atoms with E-state index >= 15 is 0 Å². The molecular weight excluding hydrogens is 360 g/mol. The fourth-order valence-corrected chi connectivity index (χ4v) is 5.69. The fraction of sp³-hybridized carbons (Fsp3) is 0.773. The van der Waals surface area contributed by atoms with Crippen molar-refractivity contribution in [2.75, 3.05) is 14.2 Å². The Kier molecular flexibility index (Phi) is 6.94. The highest BCUT2D eigenvalue weighted by Gasteiger charge is 2.57. The molecule has 0 heterocycles. The standard InChI is InChI=1S/C22H34O6/c1-14-7-10-17-21(2,3)18(28-20(25)27-6)11-12-22(17,4)16(14)9-8-15(23)13-19(24)26-5/h16-18H,1,7-13H2,2-6H3/t16-,17-,18-,22+/m0/s1. The molecule has 0 aromatic carbocycles. The van der Waals surface area contributed by atoms with Crippen LogP contribution in [0.4, 0.5) is 4.79 Å². The normalized spacial score (nSPS) is 31.5. The fourth-order valence-electron chi connectivity index (χ4n) is 5.69. The van der Waals surface area contributed by atoms with Gasteiger partial charge in [0.1, 0.15) is 18.3 Å². The summed E-state index contributed by atoms with van der Waals surface area (Å²) in [6.45, 7) is 10.9. The van der Waals surface area contributed by atoms with Gasteiger partial charge >= 0.3 is 12.1 Å². The predicted molar refractivity (Wildman–Crippen MR) is 105 cm³/mol. The molecule has 0 aromatic heterocycles. The van der Waals surface area contributed by atoms with Gasteiger partial charge in [0.15, 0.2) is 0 Å². The van der Waals surface area contributed by atoms with Crippen molar-refractivity contribution < 1.29 is 28.6 Å². The number of carbonyl (C=O) groups excluding carboxylic acids is 3. The van der Waals surface area contributed by atoms with Crippen LogP contribution in [0.3, 0.4) is 0 Å². The molecule has 0 aromatic rings. The molecule has 2 rings (SSSR count). The van der Waals surface area contributed by atoms with E-state index in [2.05, 4.69) is 32.1 Å². The molecule has 6 heteroatoms. The lowest BCUT2D eigenvalue weighted by Gasteiger charge is -2.59. The summed E-state index contributed by atoms with van der Waals surface area (Å²) in [6, 6.07) is 0. The molecule has 0 radical (unpaired) electrons. The van der Waals surface area contributed by atoms with Crippen LogP contribution in [-0.4, -0.2) is 38.2 Å². The summed E-state index contributed by atoms with van der Waals surface area (Å²) in [7, 11) is 2.62. The minimum atomic E-state index is -0.633. The van der Waals surface area contributed by atoms with E-state index in [0.29, 0.717) is 18.8 Å². The van der Waals surface area contributed by atoms with Crippen LogP contribution in [0.5, 0.6) is 0 Å². The topological polar surface area (TPSA) is 78.9 Å². The lowest BCUT2D eigenvalue weighted by atomic mass is 9.46. The molecular formula is C22H34O6. The second-order valence-electron chi connectivity index (χ2n) is 9.06. The third-order valence-electron chi connectivity index (χ3n) is 7.20. The number of ketones is 1. The van der Waals surface area contributed by atoms with E-state index in [4.69, 9.17) is 9.47 Å². The predicted octanol–water partition coefficient (Wildman–Crippen LogP) is 4.46. The van der Waals surface area contributed by atoms with Crippen molar-refractivity contribution in [3.8, 4) is 0 Å². The highest BCUT2D eigenvalue weighted by molar-refractivity contribution is 5.95. The Labute approximate surface area is 168 Å². The number of hydrogen-bond acceptors (Lipinski definition) is 6. The maximum absolute atomic E-state index is 12.2. The van der Waals surface area contributed by atoms with E-state index in [0.717, 1.165) is 25.7 Å². The van der Waals surface area contributed by atoms with Crippen molar-refractivity contribution in [1.82, 2.24) is 0 Å². The Morgan fingerprint density at radius 2 is 1.79 bits per heavy atom. The number of esters is 1. The Bertz CT molecular complexity index is 637. The lowest BCUT2D eigenvalue weighted by molar-refractivity contribution is -0.144. The molecule has 2 aliphatic rings. The third kappa shape index (κ3) is 4.41. The number of methoxy groups -OCH3 is 2. The van der Waals surface area contributed by atoms with Crippen LogP contribution in [-0.2, 0) is 23.8 Å². The van der Waals surface area contributed by atoms with Crippen molar-refractivity contribution in [2.24, 2.45) is 22.7 Å². The van der Waals surface area contributed by atoms with Crippen molar-refractivity contribution in [2.45, 2.75) is 71.8 Å². The van der Waals surface area contributed by atoms with Gasteiger partial charge in [-0.2, -0.15) is 0 Å². The molecule has 0 N–H and O–H groups in total. The molecule has 158 valence electrons. The number of allylic oxidation sites excluding steroid dienone is 1. The zero-order valence-corrected chi connectivity index (χ0v) is 17.8. The smallest absolute Gasteiger partial charge is 0.469 e. The number of carbonyl (C=O) groups is 3. The van der Waals surface area contributed by atoms with E-state index in [1.807, 2.05) is 0 Å². The first kappa shape index (κ1) is 22.4. The minimum Gasteiger partial charge on any atom is -0.469 e. The van der Waals surface area contributed by atoms with Gasteiger partial charge in [0.2, 0.25) is 0 Å². The second-order valence-corrected chi connectivity index (χ2v) is 9.06. The van der Waals surface area contributed by atoms with E-state index in [1.165, 1.54) is 19.8 Å². The molecule has 0 aliphatic heterocycles. The third-order valence-corrected chi connectivity index (χ3v) is 7.20. The van der Waals surface area contributed by atoms with Crippen LogP contribution in [0.15, 0.2) is 12.2 Å². The van der Waals surface area contributed by atoms with E-state index in [1.54, 1.807) is 0 Å². The second kappa shape index (κ2) is 8.66. The van der Waals surface area contributed by atoms with Crippen LogP contribution in [0, 0.1) is 22.7 Å². The summed E-state index contributed by atoms with van der Waals surface area (Å²) < 4.78 is 14.9. The van der Waals surface area contributed by atoms with Crippen molar-refractivity contribution in [3.05, 3.63) is 12.2 Å². The van der Waals surface area contributed by atoms with Crippen LogP contribution < -0.4 is 0 Å². The van der Waals surface area contributed by atoms with Gasteiger partial charge in [-0.05, 0) is 49.4 Å². The summed E-state index contributed by atoms with van der Waals surface area (Å²) in [5.41, 5.74) is 0.976. The van der Waals surface area contributed by atoms with E-state index in [9.17, 15) is 14.4 Å². The van der Waals surface area contributed by atoms with Crippen molar-refractivity contribution >= 4 is 17.9 Å². The van der Waals surface area contributed by atoms with Crippen molar-refractivity contribution in [3.63, 3.8) is 0 Å². The molecule has 2 aliphatic carbocycles. The summed E-state index contributed by atoms with van der Waals surface area (Å²) in [4.78, 5) is 35.2. The monoisotopic (exact) mass is 394 g/mol. The van der Waals surface area contributed by atoms with Crippen LogP contribution in [0.2, 0.25) is 0 Å². The van der Waals surface area contributed by atoms with E-state index in [-0.39, 0.29) is 35.1 Å². The van der Waals surface area contributed by atoms with Gasteiger partial charge in [-0.3, -0.25) is 9.59 Å². The van der Waals surface area contributed by atoms with Gasteiger partial charge in [-0.1, -0.05) is 32.9 Å². The minimum absolute atomic E-state index is 0.0135. The first-order valence-corrected chi connectivity index (χ1v) is 10.1. The van der Waals surface area contributed by atoms with Crippen molar-refractivity contribution in [1.29, 1.82) is 0 Å². The zero-order chi connectivity index (χ0) is 21.1. The quantitative estimate of drug-likeness (QED) is 0.376. The Morgan fingerprint density at radius 3 is 2.39 bits per heavy atom.